The van der Waals surface area contributed by atoms with Gasteiger partial charge in [0.1, 0.15) is 11.3 Å². The van der Waals surface area contributed by atoms with Gasteiger partial charge in [0, 0.05) is 6.54 Å². The first-order valence-corrected chi connectivity index (χ1v) is 10.2. The quantitative estimate of drug-likeness (QED) is 0.536. The lowest BCUT2D eigenvalue weighted by Gasteiger charge is -2.24. The Morgan fingerprint density at radius 3 is 2.66 bits per heavy atom. The van der Waals surface area contributed by atoms with Crippen molar-refractivity contribution in [1.82, 2.24) is 4.90 Å². The number of hydrogen-bond acceptors (Lipinski definition) is 4. The van der Waals surface area contributed by atoms with Gasteiger partial charge in [0.05, 0.1) is 23.6 Å². The third-order valence-corrected chi connectivity index (χ3v) is 5.40. The highest BCUT2D eigenvalue weighted by Gasteiger charge is 2.41. The Kier molecular flexibility index (Phi) is 5.38. The summed E-state index contributed by atoms with van der Waals surface area (Å²) in [5.74, 6) is 0.653. The van der Waals surface area contributed by atoms with Crippen LogP contribution in [0.15, 0.2) is 57.7 Å². The number of benzene rings is 2. The van der Waals surface area contributed by atoms with Crippen molar-refractivity contribution in [3.05, 3.63) is 75.6 Å². The fraction of sp³-hybridized carbons (Fsp3) is 0.333. The van der Waals surface area contributed by atoms with Gasteiger partial charge in [-0.1, -0.05) is 44.0 Å². The summed E-state index contributed by atoms with van der Waals surface area (Å²) in [5, 5.41) is 0.494. The van der Waals surface area contributed by atoms with E-state index in [9.17, 15) is 9.59 Å². The summed E-state index contributed by atoms with van der Waals surface area (Å²) < 4.78 is 11.8. The molecule has 0 N–H and O–H groups in total. The van der Waals surface area contributed by atoms with E-state index in [1.807, 2.05) is 31.2 Å². The van der Waals surface area contributed by atoms with Crippen molar-refractivity contribution in [3.8, 4) is 5.75 Å². The van der Waals surface area contributed by atoms with Crippen molar-refractivity contribution in [2.75, 3.05) is 13.2 Å². The number of nitrogens with zero attached hydrogens (tertiary/aromatic N) is 1. The molecule has 2 aromatic carbocycles. The molecule has 1 aliphatic rings. The van der Waals surface area contributed by atoms with Crippen LogP contribution >= 0.6 is 0 Å². The Labute approximate surface area is 169 Å². The first kappa shape index (κ1) is 19.2. The van der Waals surface area contributed by atoms with Crippen molar-refractivity contribution >= 4 is 16.9 Å². The molecule has 0 aliphatic carbocycles. The van der Waals surface area contributed by atoms with Crippen LogP contribution in [0.5, 0.6) is 5.75 Å². The number of fused-ring (bicyclic) bond motifs is 2. The third-order valence-electron chi connectivity index (χ3n) is 5.40. The zero-order valence-corrected chi connectivity index (χ0v) is 16.8. The lowest BCUT2D eigenvalue weighted by molar-refractivity contribution is 0.0737. The predicted molar refractivity (Wildman–Crippen MR) is 112 cm³/mol. The molecule has 0 bridgehead atoms. The lowest BCUT2D eigenvalue weighted by atomic mass is 9.98. The van der Waals surface area contributed by atoms with Gasteiger partial charge in [0.25, 0.3) is 5.91 Å². The molecule has 0 saturated heterocycles. The standard InChI is InChI=1S/C24H25NO4/c1-3-5-8-14-28-17-11-9-10-16(15-17)21-20-22(26)18-12-6-7-13-19(18)29-23(20)24(27)25(21)4-2/h6-7,9-13,15,21H,3-5,8,14H2,1-2H3/t21-/m1/s1. The van der Waals surface area contributed by atoms with Crippen molar-refractivity contribution in [1.29, 1.82) is 0 Å². The average Bonchev–Trinajstić information content (AvgIpc) is 3.03. The highest BCUT2D eigenvalue weighted by Crippen LogP contribution is 2.38. The maximum absolute atomic E-state index is 13.3. The molecule has 0 unspecified atom stereocenters. The summed E-state index contributed by atoms with van der Waals surface area (Å²) in [7, 11) is 0. The van der Waals surface area contributed by atoms with E-state index in [-0.39, 0.29) is 17.1 Å². The molecule has 4 rings (SSSR count). The van der Waals surface area contributed by atoms with Gasteiger partial charge in [-0.25, -0.2) is 0 Å². The topological polar surface area (TPSA) is 59.8 Å². The first-order chi connectivity index (χ1) is 14.2. The largest absolute Gasteiger partial charge is 0.494 e. The number of amides is 1. The SMILES string of the molecule is CCCCCOc1cccc([C@@H]2c3c(oc4ccccc4c3=O)C(=O)N2CC)c1. The Morgan fingerprint density at radius 1 is 1.03 bits per heavy atom. The van der Waals surface area contributed by atoms with Crippen LogP contribution in [0, 0.1) is 0 Å². The summed E-state index contributed by atoms with van der Waals surface area (Å²) in [6.07, 6.45) is 3.27. The minimum Gasteiger partial charge on any atom is -0.494 e. The molecule has 1 aromatic heterocycles. The molecule has 2 heterocycles. The van der Waals surface area contributed by atoms with Gasteiger partial charge in [0.15, 0.2) is 5.43 Å². The van der Waals surface area contributed by atoms with Crippen molar-refractivity contribution in [2.45, 2.75) is 39.2 Å². The Bertz CT molecular complexity index is 1100. The van der Waals surface area contributed by atoms with Crippen LogP contribution < -0.4 is 10.2 Å². The molecule has 29 heavy (non-hydrogen) atoms. The molecule has 3 aromatic rings. The van der Waals surface area contributed by atoms with Gasteiger partial charge >= 0.3 is 0 Å². The van der Waals surface area contributed by atoms with Gasteiger partial charge in [-0.3, -0.25) is 9.59 Å². The number of rotatable bonds is 7. The summed E-state index contributed by atoms with van der Waals surface area (Å²) in [5.41, 5.74) is 1.56. The van der Waals surface area contributed by atoms with E-state index in [2.05, 4.69) is 6.92 Å². The third kappa shape index (κ3) is 3.41. The Hall–Kier alpha value is -3.08. The maximum Gasteiger partial charge on any atom is 0.290 e. The van der Waals surface area contributed by atoms with Gasteiger partial charge in [-0.2, -0.15) is 0 Å². The van der Waals surface area contributed by atoms with Crippen LogP contribution in [-0.4, -0.2) is 24.0 Å². The van der Waals surface area contributed by atoms with E-state index in [0.717, 1.165) is 30.6 Å². The minimum absolute atomic E-state index is 0.148. The van der Waals surface area contributed by atoms with E-state index in [1.54, 1.807) is 29.2 Å². The summed E-state index contributed by atoms with van der Waals surface area (Å²) in [6.45, 7) is 5.20. The lowest BCUT2D eigenvalue weighted by Crippen LogP contribution is -2.29. The zero-order chi connectivity index (χ0) is 20.4. The number of carbonyl (C=O) groups is 1. The highest BCUT2D eigenvalue weighted by atomic mass is 16.5. The van der Waals surface area contributed by atoms with Gasteiger partial charge in [0.2, 0.25) is 5.76 Å². The Morgan fingerprint density at radius 2 is 1.86 bits per heavy atom. The molecule has 5 nitrogen and oxygen atoms in total. The molecule has 1 amide bonds. The molecule has 0 spiro atoms. The second-order valence-electron chi connectivity index (χ2n) is 7.29. The summed E-state index contributed by atoms with van der Waals surface area (Å²) in [6, 6.07) is 14.3. The zero-order valence-electron chi connectivity index (χ0n) is 16.8. The number of ether oxygens (including phenoxy) is 1. The second kappa shape index (κ2) is 8.11. The molecule has 5 heteroatoms. The van der Waals surface area contributed by atoms with E-state index < -0.39 is 6.04 Å². The Balaban J connectivity index is 1.78. The fourth-order valence-electron chi connectivity index (χ4n) is 3.96. The first-order valence-electron chi connectivity index (χ1n) is 10.2. The molecular formula is C24H25NO4. The van der Waals surface area contributed by atoms with Crippen LogP contribution in [-0.2, 0) is 0 Å². The number of hydrogen-bond donors (Lipinski definition) is 0. The molecular weight excluding hydrogens is 366 g/mol. The summed E-state index contributed by atoms with van der Waals surface area (Å²) in [4.78, 5) is 28.0. The summed E-state index contributed by atoms with van der Waals surface area (Å²) >= 11 is 0. The number of para-hydroxylation sites is 1. The van der Waals surface area contributed by atoms with Crippen LogP contribution in [0.4, 0.5) is 0 Å². The van der Waals surface area contributed by atoms with Crippen LogP contribution in [0.25, 0.3) is 11.0 Å². The van der Waals surface area contributed by atoms with Gasteiger partial charge < -0.3 is 14.1 Å². The van der Waals surface area contributed by atoms with E-state index in [1.165, 1.54) is 0 Å². The van der Waals surface area contributed by atoms with Crippen LogP contribution in [0.2, 0.25) is 0 Å². The van der Waals surface area contributed by atoms with Crippen LogP contribution in [0.1, 0.15) is 60.8 Å². The fourth-order valence-corrected chi connectivity index (χ4v) is 3.96. The molecule has 1 aliphatic heterocycles. The van der Waals surface area contributed by atoms with Crippen molar-refractivity contribution < 1.29 is 13.9 Å². The second-order valence-corrected chi connectivity index (χ2v) is 7.29. The van der Waals surface area contributed by atoms with Crippen molar-refractivity contribution in [3.63, 3.8) is 0 Å². The average molecular weight is 391 g/mol. The van der Waals surface area contributed by atoms with Crippen molar-refractivity contribution in [2.24, 2.45) is 0 Å². The molecule has 0 fully saturated rings. The minimum atomic E-state index is -0.470. The number of carbonyl (C=O) groups excluding carboxylic acids is 1. The molecule has 0 saturated carbocycles. The highest BCUT2D eigenvalue weighted by molar-refractivity contribution is 5.99. The maximum atomic E-state index is 13.3. The van der Waals surface area contributed by atoms with E-state index >= 15 is 0 Å². The predicted octanol–water partition coefficient (Wildman–Crippen LogP) is 4.93. The number of unbranched alkanes of at least 4 members (excludes halogenated alkanes) is 2. The van der Waals surface area contributed by atoms with E-state index in [4.69, 9.17) is 9.15 Å². The van der Waals surface area contributed by atoms with Crippen LogP contribution in [0.3, 0.4) is 0 Å². The monoisotopic (exact) mass is 391 g/mol. The smallest absolute Gasteiger partial charge is 0.290 e. The van der Waals surface area contributed by atoms with E-state index in [0.29, 0.717) is 29.7 Å². The molecule has 0 radical (unpaired) electrons. The normalized spacial score (nSPS) is 15.7. The van der Waals surface area contributed by atoms with Gasteiger partial charge in [-0.05, 0) is 43.2 Å². The molecule has 150 valence electrons. The van der Waals surface area contributed by atoms with Gasteiger partial charge in [-0.15, -0.1) is 0 Å². The molecule has 1 atom stereocenters.